The lowest BCUT2D eigenvalue weighted by molar-refractivity contribution is 0.955. The summed E-state index contributed by atoms with van der Waals surface area (Å²) in [7, 11) is -0.454. The Morgan fingerprint density at radius 2 is 1.04 bits per heavy atom. The highest BCUT2D eigenvalue weighted by Gasteiger charge is 2.45. The summed E-state index contributed by atoms with van der Waals surface area (Å²) >= 11 is 11.1. The molecule has 0 atom stereocenters. The Balaban J connectivity index is 1.51. The molecule has 0 amide bonds. The Kier molecular flexibility index (Phi) is 11.0. The molecule has 5 rings (SSSR count). The van der Waals surface area contributed by atoms with Crippen LogP contribution < -0.4 is 37.4 Å². The molecule has 11 heteroatoms. The van der Waals surface area contributed by atoms with Crippen LogP contribution in [0.1, 0.15) is 11.4 Å². The van der Waals surface area contributed by atoms with Gasteiger partial charge < -0.3 is 10.6 Å². The first kappa shape index (κ1) is 31.5. The fourth-order valence-electron chi connectivity index (χ4n) is 4.75. The van der Waals surface area contributed by atoms with Gasteiger partial charge in [0.05, 0.1) is 0 Å². The van der Waals surface area contributed by atoms with E-state index in [2.05, 4.69) is 109 Å². The average molecular weight is 648 g/mol. The first-order valence-corrected chi connectivity index (χ1v) is 17.0. The third-order valence-corrected chi connectivity index (χ3v) is 11.6. The molecule has 1 heterocycles. The van der Waals surface area contributed by atoms with Crippen molar-refractivity contribution in [3.63, 3.8) is 0 Å². The van der Waals surface area contributed by atoms with Crippen LogP contribution in [0.2, 0.25) is 0 Å². The second kappa shape index (κ2) is 15.7. The van der Waals surface area contributed by atoms with Crippen LogP contribution in [0.25, 0.3) is 0 Å². The second-order valence-corrected chi connectivity index (χ2v) is 13.9. The highest BCUT2D eigenvalue weighted by atomic mass is 32.1. The Labute approximate surface area is 274 Å². The first-order valence-electron chi connectivity index (χ1n) is 14.2. The van der Waals surface area contributed by atoms with Gasteiger partial charge in [-0.25, -0.2) is 9.97 Å². The van der Waals surface area contributed by atoms with E-state index in [0.29, 0.717) is 33.8 Å². The maximum atomic E-state index is 5.84. The molecule has 0 aliphatic rings. The minimum Gasteiger partial charge on any atom is -0.364 e. The summed E-state index contributed by atoms with van der Waals surface area (Å²) in [5.41, 5.74) is 7.57. The van der Waals surface area contributed by atoms with Crippen molar-refractivity contribution in [1.29, 1.82) is 0 Å². The zero-order valence-corrected chi connectivity index (χ0v) is 27.1. The largest absolute Gasteiger partial charge is 0.364 e. The minimum absolute atomic E-state index is 0.337. The van der Waals surface area contributed by atoms with Gasteiger partial charge >= 0.3 is 0 Å². The van der Waals surface area contributed by atoms with E-state index in [1.165, 1.54) is 15.9 Å². The molecule has 4 aromatic carbocycles. The van der Waals surface area contributed by atoms with Gasteiger partial charge in [0.15, 0.2) is 21.8 Å². The Hall–Kier alpha value is -4.89. The molecule has 1 aromatic heterocycles. The van der Waals surface area contributed by atoms with E-state index in [0.717, 1.165) is 5.56 Å². The van der Waals surface area contributed by atoms with Gasteiger partial charge in [0, 0.05) is 25.0 Å². The molecule has 8 nitrogen and oxygen atoms in total. The Morgan fingerprint density at radius 1 is 0.600 bits per heavy atom. The predicted octanol–water partition coefficient (Wildman–Crippen LogP) is 4.09. The van der Waals surface area contributed by atoms with Gasteiger partial charge in [-0.3, -0.25) is 10.9 Å². The van der Waals surface area contributed by atoms with E-state index >= 15 is 0 Å². The third kappa shape index (κ3) is 7.80. The van der Waals surface area contributed by atoms with Gasteiger partial charge in [0.2, 0.25) is 0 Å². The van der Waals surface area contributed by atoms with Crippen molar-refractivity contribution in [2.45, 2.75) is 0 Å². The molecular formula is C34H32N8PS2+. The fraction of sp³-hybridized carbons (Fsp3) is 0.0588. The monoisotopic (exact) mass is 647 g/mol. The quantitative estimate of drug-likeness (QED) is 0.0780. The number of benzene rings is 4. The van der Waals surface area contributed by atoms with Crippen molar-refractivity contribution in [2.24, 2.45) is 10.2 Å². The maximum Gasteiger partial charge on any atom is 0.189 e. The van der Waals surface area contributed by atoms with E-state index < -0.39 is 7.26 Å². The van der Waals surface area contributed by atoms with E-state index in [1.54, 1.807) is 25.5 Å². The zero-order valence-electron chi connectivity index (χ0n) is 24.5. The van der Waals surface area contributed by atoms with E-state index in [-0.39, 0.29) is 0 Å². The highest BCUT2D eigenvalue weighted by molar-refractivity contribution is 7.95. The Morgan fingerprint density at radius 3 is 1.53 bits per heavy atom. The molecule has 0 bridgehead atoms. The van der Waals surface area contributed by atoms with Gasteiger partial charge in [-0.15, -0.1) is 0 Å². The molecule has 0 aliphatic carbocycles. The molecule has 4 N–H and O–H groups in total. The van der Waals surface area contributed by atoms with Crippen LogP contribution >= 0.6 is 31.7 Å². The highest BCUT2D eigenvalue weighted by Crippen LogP contribution is 2.54. The normalized spacial score (nSPS) is 11.8. The Bertz CT molecular complexity index is 1660. The molecular weight excluding hydrogens is 616 g/mol. The van der Waals surface area contributed by atoms with E-state index in [4.69, 9.17) is 29.5 Å². The van der Waals surface area contributed by atoms with Gasteiger partial charge in [-0.05, 0) is 66.9 Å². The van der Waals surface area contributed by atoms with Gasteiger partial charge in [-0.2, -0.15) is 10.2 Å². The minimum atomic E-state index is -2.17. The topological polar surface area (TPSA) is 98.6 Å². The molecule has 5 aromatic rings. The number of hydrogen-bond donors (Lipinski definition) is 4. The van der Waals surface area contributed by atoms with Gasteiger partial charge in [0.25, 0.3) is 0 Å². The van der Waals surface area contributed by atoms with E-state index in [9.17, 15) is 0 Å². The molecule has 224 valence electrons. The van der Waals surface area contributed by atoms with Crippen LogP contribution in [-0.4, -0.2) is 44.9 Å². The van der Waals surface area contributed by atoms with Crippen molar-refractivity contribution >= 4 is 69.3 Å². The predicted molar refractivity (Wildman–Crippen MR) is 195 cm³/mol. The summed E-state index contributed by atoms with van der Waals surface area (Å²) in [5, 5.41) is 20.1. The molecule has 0 saturated heterocycles. The van der Waals surface area contributed by atoms with Crippen molar-refractivity contribution in [2.75, 3.05) is 13.3 Å². The van der Waals surface area contributed by atoms with Crippen LogP contribution in [0, 0.1) is 0 Å². The number of thiocarbonyl (C=S) groups is 2. The van der Waals surface area contributed by atoms with Crippen LogP contribution in [0.3, 0.4) is 0 Å². The zero-order chi connectivity index (χ0) is 31.3. The first-order chi connectivity index (χ1) is 22.1. The number of nitrogens with zero attached hydrogens (tertiary/aromatic N) is 4. The molecule has 0 unspecified atom stereocenters. The molecule has 45 heavy (non-hydrogen) atoms. The summed E-state index contributed by atoms with van der Waals surface area (Å²) in [6, 6.07) is 43.2. The van der Waals surface area contributed by atoms with Gasteiger partial charge in [0.1, 0.15) is 35.2 Å². The van der Waals surface area contributed by atoms with Crippen molar-refractivity contribution < 1.29 is 0 Å². The second-order valence-electron chi connectivity index (χ2n) is 9.64. The summed E-state index contributed by atoms with van der Waals surface area (Å²) in [4.78, 5) is 8.86. The smallest absolute Gasteiger partial charge is 0.189 e. The summed E-state index contributed by atoms with van der Waals surface area (Å²) < 4.78 is 0. The number of rotatable bonds is 10. The number of hydrogen-bond acceptors (Lipinski definition) is 6. The lowest BCUT2D eigenvalue weighted by Gasteiger charge is -2.28. The summed E-state index contributed by atoms with van der Waals surface area (Å²) in [5.74, 6) is 0.370. The van der Waals surface area contributed by atoms with Crippen molar-refractivity contribution in [3.8, 4) is 0 Å². The molecule has 0 fully saturated rings. The van der Waals surface area contributed by atoms with Crippen LogP contribution in [0.15, 0.2) is 150 Å². The molecule has 0 aliphatic heterocycles. The lowest BCUT2D eigenvalue weighted by Crippen LogP contribution is -2.42. The average Bonchev–Trinajstić information content (AvgIpc) is 3.12. The van der Waals surface area contributed by atoms with Crippen molar-refractivity contribution in [3.05, 3.63) is 151 Å². The van der Waals surface area contributed by atoms with Crippen molar-refractivity contribution in [1.82, 2.24) is 31.5 Å². The van der Waals surface area contributed by atoms with Crippen LogP contribution in [0.4, 0.5) is 0 Å². The van der Waals surface area contributed by atoms with Gasteiger partial charge in [-0.1, -0.05) is 84.9 Å². The maximum absolute atomic E-state index is 5.84. The molecule has 0 radical (unpaired) electrons. The molecule has 0 saturated carbocycles. The number of aromatic nitrogens is 2. The van der Waals surface area contributed by atoms with Crippen LogP contribution in [-0.2, 0) is 0 Å². The number of nitrogens with one attached hydrogen (secondary N) is 4. The summed E-state index contributed by atoms with van der Waals surface area (Å²) in [6.07, 6.45) is 3.88. The van der Waals surface area contributed by atoms with Crippen LogP contribution in [0.5, 0.6) is 0 Å². The number of hydrazone groups is 2. The lowest BCUT2D eigenvalue weighted by atomic mass is 10.1. The fourth-order valence-corrected chi connectivity index (χ4v) is 8.90. The third-order valence-electron chi connectivity index (χ3n) is 6.88. The molecule has 0 spiro atoms. The summed E-state index contributed by atoms with van der Waals surface area (Å²) in [6.45, 7) is 0. The standard InChI is InChI=1S/C34H31N8PS2/c1-35-33(44)41-40-31(32-36-23-14-24-37-32)30(26-15-6-2-7-16-26)39-42-34(45)38-25-43(27-17-8-3-9-18-27,28-19-10-4-11-20-28)29-21-12-5-13-22-29/h2-24H,25H2,1H3,(H3-,35,36,37,38,39,40,41,42,44,45)/p+1. The SMILES string of the molecule is CNC(=S)NN=C(C(=NNC(=S)NC[P+](c1ccccc1)(c1ccccc1)c1ccccc1)c1ccccc1)c1ncccn1. The van der Waals surface area contributed by atoms with E-state index in [1.807, 2.05) is 48.5 Å².